The highest BCUT2D eigenvalue weighted by molar-refractivity contribution is 7.14. The Bertz CT molecular complexity index is 680. The zero-order valence-electron chi connectivity index (χ0n) is 11.9. The van der Waals surface area contributed by atoms with E-state index >= 15 is 0 Å². The van der Waals surface area contributed by atoms with Gasteiger partial charge in [-0.3, -0.25) is 0 Å². The third kappa shape index (κ3) is 3.17. The van der Waals surface area contributed by atoms with Crippen molar-refractivity contribution in [1.29, 1.82) is 0 Å². The SMILES string of the molecule is CCNC(c1ccccc1)c1nnc(-c2ccccc2)s1. The molecule has 2 aromatic carbocycles. The zero-order chi connectivity index (χ0) is 14.5. The molecule has 0 saturated carbocycles. The standard InChI is InChI=1S/C17H17N3S/c1-2-18-15(13-9-5-3-6-10-13)17-20-19-16(21-17)14-11-7-4-8-12-14/h3-12,15,18H,2H2,1H3. The highest BCUT2D eigenvalue weighted by Crippen LogP contribution is 2.29. The van der Waals surface area contributed by atoms with Crippen LogP contribution in [0.25, 0.3) is 10.6 Å². The van der Waals surface area contributed by atoms with Gasteiger partial charge in [0.15, 0.2) is 0 Å². The van der Waals surface area contributed by atoms with Crippen molar-refractivity contribution in [1.82, 2.24) is 15.5 Å². The first-order valence-corrected chi connectivity index (χ1v) is 7.87. The molecule has 0 bridgehead atoms. The lowest BCUT2D eigenvalue weighted by atomic mass is 10.1. The van der Waals surface area contributed by atoms with Crippen LogP contribution >= 0.6 is 11.3 Å². The molecule has 0 saturated heterocycles. The molecule has 106 valence electrons. The summed E-state index contributed by atoms with van der Waals surface area (Å²) >= 11 is 1.64. The van der Waals surface area contributed by atoms with Gasteiger partial charge in [0.2, 0.25) is 0 Å². The summed E-state index contributed by atoms with van der Waals surface area (Å²) < 4.78 is 0. The van der Waals surface area contributed by atoms with Crippen molar-refractivity contribution in [2.75, 3.05) is 6.54 Å². The fourth-order valence-corrected chi connectivity index (χ4v) is 3.20. The van der Waals surface area contributed by atoms with Crippen LogP contribution in [-0.4, -0.2) is 16.7 Å². The Morgan fingerprint density at radius 3 is 2.29 bits per heavy atom. The summed E-state index contributed by atoms with van der Waals surface area (Å²) in [7, 11) is 0. The molecule has 0 aliphatic rings. The molecule has 21 heavy (non-hydrogen) atoms. The highest BCUT2D eigenvalue weighted by atomic mass is 32.1. The Morgan fingerprint density at radius 2 is 1.62 bits per heavy atom. The van der Waals surface area contributed by atoms with Crippen LogP contribution in [0.15, 0.2) is 60.7 Å². The summed E-state index contributed by atoms with van der Waals surface area (Å²) in [6.07, 6.45) is 0. The number of hydrogen-bond donors (Lipinski definition) is 1. The summed E-state index contributed by atoms with van der Waals surface area (Å²) in [5.74, 6) is 0. The lowest BCUT2D eigenvalue weighted by Crippen LogP contribution is -2.21. The molecule has 3 rings (SSSR count). The van der Waals surface area contributed by atoms with Crippen molar-refractivity contribution < 1.29 is 0 Å². The quantitative estimate of drug-likeness (QED) is 0.775. The van der Waals surface area contributed by atoms with Gasteiger partial charge >= 0.3 is 0 Å². The van der Waals surface area contributed by atoms with E-state index in [1.54, 1.807) is 11.3 Å². The summed E-state index contributed by atoms with van der Waals surface area (Å²) in [4.78, 5) is 0. The Labute approximate surface area is 128 Å². The molecule has 1 unspecified atom stereocenters. The van der Waals surface area contributed by atoms with Gasteiger partial charge in [0.1, 0.15) is 10.0 Å². The maximum atomic E-state index is 4.39. The fraction of sp³-hybridized carbons (Fsp3) is 0.176. The maximum absolute atomic E-state index is 4.39. The number of rotatable bonds is 5. The van der Waals surface area contributed by atoms with Crippen LogP contribution < -0.4 is 5.32 Å². The predicted octanol–water partition coefficient (Wildman–Crippen LogP) is 3.90. The number of nitrogens with one attached hydrogen (secondary N) is 1. The second-order valence-corrected chi connectivity index (χ2v) is 5.72. The minimum Gasteiger partial charge on any atom is -0.304 e. The van der Waals surface area contributed by atoms with Gasteiger partial charge < -0.3 is 5.32 Å². The van der Waals surface area contributed by atoms with Crippen LogP contribution in [0.2, 0.25) is 0 Å². The average Bonchev–Trinajstić information content (AvgIpc) is 3.04. The van der Waals surface area contributed by atoms with Gasteiger partial charge in [-0.15, -0.1) is 10.2 Å². The third-order valence-corrected chi connectivity index (χ3v) is 4.29. The molecule has 0 fully saturated rings. The molecule has 1 atom stereocenters. The summed E-state index contributed by atoms with van der Waals surface area (Å²) in [6, 6.07) is 20.7. The van der Waals surface area contributed by atoms with E-state index in [1.165, 1.54) is 5.56 Å². The summed E-state index contributed by atoms with van der Waals surface area (Å²) in [5, 5.41) is 14.2. The molecule has 3 aromatic rings. The van der Waals surface area contributed by atoms with Gasteiger partial charge in [0.25, 0.3) is 0 Å². The molecule has 0 aliphatic carbocycles. The molecule has 0 spiro atoms. The van der Waals surface area contributed by atoms with Crippen LogP contribution in [0, 0.1) is 0 Å². The van der Waals surface area contributed by atoms with Crippen LogP contribution in [0.4, 0.5) is 0 Å². The van der Waals surface area contributed by atoms with Gasteiger partial charge in [-0.05, 0) is 12.1 Å². The first-order chi connectivity index (χ1) is 10.4. The number of nitrogens with zero attached hydrogens (tertiary/aromatic N) is 2. The van der Waals surface area contributed by atoms with E-state index in [9.17, 15) is 0 Å². The molecule has 1 heterocycles. The second kappa shape index (κ2) is 6.61. The van der Waals surface area contributed by atoms with Gasteiger partial charge in [0, 0.05) is 5.56 Å². The summed E-state index contributed by atoms with van der Waals surface area (Å²) in [5.41, 5.74) is 2.33. The predicted molar refractivity (Wildman–Crippen MR) is 87.3 cm³/mol. The van der Waals surface area contributed by atoms with Crippen molar-refractivity contribution >= 4 is 11.3 Å². The first kappa shape index (κ1) is 13.9. The Balaban J connectivity index is 1.93. The first-order valence-electron chi connectivity index (χ1n) is 7.05. The van der Waals surface area contributed by atoms with Crippen molar-refractivity contribution in [2.24, 2.45) is 0 Å². The van der Waals surface area contributed by atoms with Crippen LogP contribution in [0.5, 0.6) is 0 Å². The maximum Gasteiger partial charge on any atom is 0.147 e. The normalized spacial score (nSPS) is 12.2. The minimum absolute atomic E-state index is 0.103. The van der Waals surface area contributed by atoms with Gasteiger partial charge in [-0.1, -0.05) is 78.9 Å². The zero-order valence-corrected chi connectivity index (χ0v) is 12.7. The Kier molecular flexibility index (Phi) is 4.38. The molecular weight excluding hydrogens is 278 g/mol. The van der Waals surface area contributed by atoms with Crippen LogP contribution in [0.3, 0.4) is 0 Å². The Morgan fingerprint density at radius 1 is 0.952 bits per heavy atom. The lowest BCUT2D eigenvalue weighted by Gasteiger charge is -2.14. The van der Waals surface area contributed by atoms with Crippen molar-refractivity contribution in [3.8, 4) is 10.6 Å². The van der Waals surface area contributed by atoms with E-state index < -0.39 is 0 Å². The van der Waals surface area contributed by atoms with Crippen LogP contribution in [-0.2, 0) is 0 Å². The topological polar surface area (TPSA) is 37.8 Å². The third-order valence-electron chi connectivity index (χ3n) is 3.25. The number of aromatic nitrogens is 2. The number of hydrogen-bond acceptors (Lipinski definition) is 4. The minimum atomic E-state index is 0.103. The molecule has 1 aromatic heterocycles. The van der Waals surface area contributed by atoms with Crippen molar-refractivity contribution in [2.45, 2.75) is 13.0 Å². The molecule has 4 heteroatoms. The van der Waals surface area contributed by atoms with E-state index in [0.29, 0.717) is 0 Å². The smallest absolute Gasteiger partial charge is 0.147 e. The fourth-order valence-electron chi connectivity index (χ4n) is 2.25. The van der Waals surface area contributed by atoms with Gasteiger partial charge in [0.05, 0.1) is 6.04 Å². The average molecular weight is 295 g/mol. The van der Waals surface area contributed by atoms with Crippen molar-refractivity contribution in [3.63, 3.8) is 0 Å². The highest BCUT2D eigenvalue weighted by Gasteiger charge is 2.18. The van der Waals surface area contributed by atoms with E-state index in [4.69, 9.17) is 0 Å². The monoisotopic (exact) mass is 295 g/mol. The van der Waals surface area contributed by atoms with E-state index in [-0.39, 0.29) is 6.04 Å². The number of benzene rings is 2. The molecule has 0 radical (unpaired) electrons. The van der Waals surface area contributed by atoms with Gasteiger partial charge in [-0.25, -0.2) is 0 Å². The van der Waals surface area contributed by atoms with Crippen molar-refractivity contribution in [3.05, 3.63) is 71.2 Å². The molecule has 0 amide bonds. The van der Waals surface area contributed by atoms with Crippen LogP contribution in [0.1, 0.15) is 23.5 Å². The molecule has 0 aliphatic heterocycles. The summed E-state index contributed by atoms with van der Waals surface area (Å²) in [6.45, 7) is 2.99. The largest absolute Gasteiger partial charge is 0.304 e. The van der Waals surface area contributed by atoms with E-state index in [0.717, 1.165) is 22.1 Å². The van der Waals surface area contributed by atoms with E-state index in [1.807, 2.05) is 24.3 Å². The lowest BCUT2D eigenvalue weighted by molar-refractivity contribution is 0.621. The van der Waals surface area contributed by atoms with Gasteiger partial charge in [-0.2, -0.15) is 0 Å². The molecule has 3 nitrogen and oxygen atoms in total. The second-order valence-electron chi connectivity index (χ2n) is 4.71. The molecular formula is C17H17N3S. The molecule has 1 N–H and O–H groups in total. The van der Waals surface area contributed by atoms with E-state index in [2.05, 4.69) is 58.8 Å². The Hall–Kier alpha value is -2.04.